The quantitative estimate of drug-likeness (QED) is 0.661. The van der Waals surface area contributed by atoms with Gasteiger partial charge in [0.05, 0.1) is 5.71 Å². The van der Waals surface area contributed by atoms with Crippen LogP contribution < -0.4 is 5.43 Å². The van der Waals surface area contributed by atoms with Gasteiger partial charge in [0.25, 0.3) is 0 Å². The third-order valence-electron chi connectivity index (χ3n) is 5.00. The molecule has 1 aliphatic heterocycles. The van der Waals surface area contributed by atoms with Gasteiger partial charge in [0.2, 0.25) is 0 Å². The zero-order chi connectivity index (χ0) is 10.8. The Morgan fingerprint density at radius 2 is 2.20 bits per heavy atom. The lowest BCUT2D eigenvalue weighted by Crippen LogP contribution is -2.46. The first-order valence-electron chi connectivity index (χ1n) is 5.51. The first kappa shape index (κ1) is 9.19. The topological polar surface area (TPSA) is 50.7 Å². The Kier molecular flexibility index (Phi) is 1.45. The summed E-state index contributed by atoms with van der Waals surface area (Å²) in [5, 5.41) is 4.19. The van der Waals surface area contributed by atoms with E-state index in [-0.39, 0.29) is 16.9 Å². The van der Waals surface area contributed by atoms with Gasteiger partial charge in [0, 0.05) is 11.3 Å². The van der Waals surface area contributed by atoms with Crippen molar-refractivity contribution < 1.29 is 9.53 Å². The number of ether oxygens (including phenoxy) is 1. The third-order valence-corrected chi connectivity index (χ3v) is 5.00. The molecule has 1 N–H and O–H groups in total. The molecule has 0 aromatic carbocycles. The van der Waals surface area contributed by atoms with Crippen molar-refractivity contribution in [3.63, 3.8) is 0 Å². The number of rotatable bonds is 0. The molecule has 4 heteroatoms. The second-order valence-electron chi connectivity index (χ2n) is 5.66. The molecule has 0 aromatic heterocycles. The fourth-order valence-electron chi connectivity index (χ4n) is 3.59. The second-order valence-corrected chi connectivity index (χ2v) is 5.66. The van der Waals surface area contributed by atoms with Gasteiger partial charge in [-0.05, 0) is 18.3 Å². The van der Waals surface area contributed by atoms with Crippen LogP contribution in [0.4, 0.5) is 4.79 Å². The summed E-state index contributed by atoms with van der Waals surface area (Å²) in [6.07, 6.45) is 1.79. The van der Waals surface area contributed by atoms with E-state index in [1.165, 1.54) is 0 Å². The zero-order valence-electron chi connectivity index (χ0n) is 9.33. The number of carbonyl (C=O) groups is 1. The van der Waals surface area contributed by atoms with Gasteiger partial charge in [-0.1, -0.05) is 20.8 Å². The van der Waals surface area contributed by atoms with Crippen LogP contribution in [0.5, 0.6) is 0 Å². The molecule has 15 heavy (non-hydrogen) atoms. The highest BCUT2D eigenvalue weighted by Crippen LogP contribution is 2.65. The minimum absolute atomic E-state index is 0.0638. The van der Waals surface area contributed by atoms with Crippen LogP contribution in [0.1, 0.15) is 33.6 Å². The first-order chi connectivity index (χ1) is 6.97. The molecule has 3 atom stereocenters. The average molecular weight is 208 g/mol. The van der Waals surface area contributed by atoms with E-state index < -0.39 is 6.09 Å². The Hall–Kier alpha value is -1.06. The highest BCUT2D eigenvalue weighted by molar-refractivity contribution is 5.99. The summed E-state index contributed by atoms with van der Waals surface area (Å²) < 4.78 is 5.40. The van der Waals surface area contributed by atoms with Crippen LogP contribution >= 0.6 is 0 Å². The van der Waals surface area contributed by atoms with E-state index in [1.807, 2.05) is 0 Å². The molecular formula is C11H16N2O2. The van der Waals surface area contributed by atoms with Gasteiger partial charge in [-0.2, -0.15) is 5.10 Å². The predicted octanol–water partition coefficient (Wildman–Crippen LogP) is 1.91. The summed E-state index contributed by atoms with van der Waals surface area (Å²) in [4.78, 5) is 11.2. The fraction of sp³-hybridized carbons (Fsp3) is 0.818. The smallest absolute Gasteiger partial charge is 0.428 e. The molecule has 0 radical (unpaired) electrons. The summed E-state index contributed by atoms with van der Waals surface area (Å²) in [5.74, 6) is 0.466. The van der Waals surface area contributed by atoms with Crippen LogP contribution in [-0.4, -0.2) is 17.9 Å². The Morgan fingerprint density at radius 3 is 2.93 bits per heavy atom. The van der Waals surface area contributed by atoms with Crippen molar-refractivity contribution in [2.24, 2.45) is 21.8 Å². The van der Waals surface area contributed by atoms with E-state index in [2.05, 4.69) is 31.3 Å². The van der Waals surface area contributed by atoms with Gasteiger partial charge in [0.15, 0.2) is 0 Å². The minimum Gasteiger partial charge on any atom is -0.438 e. The normalized spacial score (nSPS) is 45.5. The van der Waals surface area contributed by atoms with E-state index in [4.69, 9.17) is 4.74 Å². The van der Waals surface area contributed by atoms with Crippen LogP contribution in [0.3, 0.4) is 0 Å². The van der Waals surface area contributed by atoms with Gasteiger partial charge in [-0.3, -0.25) is 0 Å². The highest BCUT2D eigenvalue weighted by atomic mass is 16.6. The fourth-order valence-corrected chi connectivity index (χ4v) is 3.59. The molecule has 3 unspecified atom stereocenters. The van der Waals surface area contributed by atoms with Crippen molar-refractivity contribution in [2.75, 3.05) is 0 Å². The Bertz CT molecular complexity index is 375. The molecule has 2 aliphatic carbocycles. The number of hydrogen-bond donors (Lipinski definition) is 1. The molecule has 2 fully saturated rings. The van der Waals surface area contributed by atoms with Crippen LogP contribution in [0.15, 0.2) is 5.10 Å². The van der Waals surface area contributed by atoms with E-state index in [1.54, 1.807) is 0 Å². The summed E-state index contributed by atoms with van der Waals surface area (Å²) in [6.45, 7) is 6.75. The number of nitrogens with zero attached hydrogens (tertiary/aromatic N) is 1. The first-order valence-corrected chi connectivity index (χ1v) is 5.51. The van der Waals surface area contributed by atoms with Crippen LogP contribution in [0.2, 0.25) is 0 Å². The molecule has 82 valence electrons. The molecule has 3 rings (SSSR count). The SMILES string of the molecule is CC1(C)C2CCC1(C)C1OC(=O)NN=C21. The van der Waals surface area contributed by atoms with E-state index in [0.717, 1.165) is 18.6 Å². The molecule has 0 saturated heterocycles. The maximum atomic E-state index is 11.2. The molecular weight excluding hydrogens is 192 g/mol. The number of carbonyl (C=O) groups excluding carboxylic acids is 1. The van der Waals surface area contributed by atoms with Crippen molar-refractivity contribution in [3.05, 3.63) is 0 Å². The number of hydrazone groups is 1. The number of fused-ring (bicyclic) bond motifs is 5. The van der Waals surface area contributed by atoms with Crippen molar-refractivity contribution in [1.82, 2.24) is 5.43 Å². The standard InChI is InChI=1S/C11H16N2O2/c1-10(2)6-4-5-11(10,3)8-7(6)12-13-9(14)15-8/h6,8H,4-5H2,1-3H3,(H,13,14). The molecule has 4 nitrogen and oxygen atoms in total. The molecule has 0 spiro atoms. The molecule has 0 aromatic rings. The zero-order valence-corrected chi connectivity index (χ0v) is 9.33. The summed E-state index contributed by atoms with van der Waals surface area (Å²) in [6, 6.07) is 0. The van der Waals surface area contributed by atoms with Gasteiger partial charge in [-0.25, -0.2) is 10.2 Å². The number of hydrogen-bond acceptors (Lipinski definition) is 3. The van der Waals surface area contributed by atoms with Crippen LogP contribution in [-0.2, 0) is 4.74 Å². The molecule has 2 bridgehead atoms. The average Bonchev–Trinajstić information content (AvgIpc) is 2.48. The predicted molar refractivity (Wildman–Crippen MR) is 55.5 cm³/mol. The van der Waals surface area contributed by atoms with Gasteiger partial charge >= 0.3 is 6.09 Å². The largest absolute Gasteiger partial charge is 0.438 e. The second kappa shape index (κ2) is 2.36. The van der Waals surface area contributed by atoms with Crippen LogP contribution in [0, 0.1) is 16.7 Å². The molecule has 3 aliphatic rings. The summed E-state index contributed by atoms with van der Waals surface area (Å²) in [7, 11) is 0. The maximum Gasteiger partial charge on any atom is 0.428 e. The lowest BCUT2D eigenvalue weighted by molar-refractivity contribution is 0.0132. The molecule has 1 amide bonds. The number of nitrogens with one attached hydrogen (secondary N) is 1. The molecule has 2 saturated carbocycles. The van der Waals surface area contributed by atoms with E-state index in [0.29, 0.717) is 5.92 Å². The van der Waals surface area contributed by atoms with Crippen molar-refractivity contribution >= 4 is 11.8 Å². The maximum absolute atomic E-state index is 11.2. The Balaban J connectivity index is 2.12. The van der Waals surface area contributed by atoms with Crippen molar-refractivity contribution in [2.45, 2.75) is 39.7 Å². The Labute approximate surface area is 89.1 Å². The van der Waals surface area contributed by atoms with Crippen LogP contribution in [0.25, 0.3) is 0 Å². The Morgan fingerprint density at radius 1 is 1.47 bits per heavy atom. The van der Waals surface area contributed by atoms with Gasteiger partial charge < -0.3 is 4.74 Å². The summed E-state index contributed by atoms with van der Waals surface area (Å²) in [5.41, 5.74) is 3.72. The lowest BCUT2D eigenvalue weighted by Gasteiger charge is -2.38. The van der Waals surface area contributed by atoms with Crippen molar-refractivity contribution in [3.8, 4) is 0 Å². The summed E-state index contributed by atoms with van der Waals surface area (Å²) >= 11 is 0. The lowest BCUT2D eigenvalue weighted by atomic mass is 9.70. The van der Waals surface area contributed by atoms with E-state index in [9.17, 15) is 4.79 Å². The van der Waals surface area contributed by atoms with Gasteiger partial charge in [-0.15, -0.1) is 0 Å². The van der Waals surface area contributed by atoms with Crippen molar-refractivity contribution in [1.29, 1.82) is 0 Å². The van der Waals surface area contributed by atoms with E-state index >= 15 is 0 Å². The van der Waals surface area contributed by atoms with Gasteiger partial charge in [0.1, 0.15) is 6.10 Å². The monoisotopic (exact) mass is 208 g/mol. The third kappa shape index (κ3) is 0.840. The minimum atomic E-state index is -0.409. The number of amides is 1. The highest BCUT2D eigenvalue weighted by Gasteiger charge is 2.67. The molecule has 1 heterocycles.